The molecule has 0 amide bonds. The first-order chi connectivity index (χ1) is 7.49. The minimum absolute atomic E-state index is 0.0359. The maximum atomic E-state index is 6.16. The second-order valence-corrected chi connectivity index (χ2v) is 5.36. The summed E-state index contributed by atoms with van der Waals surface area (Å²) in [6.45, 7) is 8.71. The Balaban J connectivity index is 2.17. The van der Waals surface area contributed by atoms with Crippen molar-refractivity contribution in [1.29, 1.82) is 0 Å². The van der Waals surface area contributed by atoms with Gasteiger partial charge in [0.25, 0.3) is 0 Å². The van der Waals surface area contributed by atoms with Crippen LogP contribution >= 0.6 is 0 Å². The highest BCUT2D eigenvalue weighted by atomic mass is 15.1. The van der Waals surface area contributed by atoms with Crippen LogP contribution in [0.4, 0.5) is 5.69 Å². The van der Waals surface area contributed by atoms with Crippen LogP contribution in [0, 0.1) is 13.8 Å². The summed E-state index contributed by atoms with van der Waals surface area (Å²) in [5.41, 5.74) is 10.4. The van der Waals surface area contributed by atoms with Crippen LogP contribution in [0.3, 0.4) is 0 Å². The first kappa shape index (κ1) is 11.5. The van der Waals surface area contributed by atoms with Gasteiger partial charge in [0.15, 0.2) is 0 Å². The lowest BCUT2D eigenvalue weighted by atomic mass is 9.90. The predicted octanol–water partition coefficient (Wildman–Crippen LogP) is 2.62. The largest absolute Gasteiger partial charge is 0.371 e. The molecular formula is C14H22N2. The molecule has 1 aromatic carbocycles. The molecular weight excluding hydrogens is 196 g/mol. The van der Waals surface area contributed by atoms with Crippen LogP contribution in [0.5, 0.6) is 0 Å². The lowest BCUT2D eigenvalue weighted by Gasteiger charge is -2.38. The van der Waals surface area contributed by atoms with Gasteiger partial charge >= 0.3 is 0 Å². The topological polar surface area (TPSA) is 29.3 Å². The minimum atomic E-state index is 0.0359. The van der Waals surface area contributed by atoms with Crippen LogP contribution in [0.2, 0.25) is 0 Å². The Labute approximate surface area is 98.4 Å². The number of benzene rings is 1. The molecule has 0 saturated carbocycles. The maximum Gasteiger partial charge on any atom is 0.0398 e. The monoisotopic (exact) mass is 218 g/mol. The zero-order valence-corrected chi connectivity index (χ0v) is 10.6. The normalized spacial score (nSPS) is 19.9. The Hall–Kier alpha value is -1.02. The van der Waals surface area contributed by atoms with Crippen LogP contribution in [0.15, 0.2) is 18.2 Å². The van der Waals surface area contributed by atoms with E-state index in [1.54, 1.807) is 0 Å². The third-order valence-electron chi connectivity index (χ3n) is 3.82. The number of anilines is 1. The van der Waals surface area contributed by atoms with Crippen molar-refractivity contribution >= 4 is 5.69 Å². The summed E-state index contributed by atoms with van der Waals surface area (Å²) in [6, 6.07) is 6.55. The molecule has 0 spiro atoms. The average molecular weight is 218 g/mol. The van der Waals surface area contributed by atoms with E-state index in [1.165, 1.54) is 16.8 Å². The van der Waals surface area contributed by atoms with E-state index in [4.69, 9.17) is 5.73 Å². The zero-order valence-electron chi connectivity index (χ0n) is 10.6. The van der Waals surface area contributed by atoms with Crippen LogP contribution in [0.25, 0.3) is 0 Å². The number of nitrogens with two attached hydrogens (primary N) is 1. The van der Waals surface area contributed by atoms with Crippen molar-refractivity contribution in [3.8, 4) is 0 Å². The molecule has 0 aliphatic carbocycles. The van der Waals surface area contributed by atoms with Crippen molar-refractivity contribution in [1.82, 2.24) is 0 Å². The lowest BCUT2D eigenvalue weighted by molar-refractivity contribution is 0.364. The summed E-state index contributed by atoms with van der Waals surface area (Å²) in [4.78, 5) is 2.47. The zero-order chi connectivity index (χ0) is 11.8. The number of piperidine rings is 1. The van der Waals surface area contributed by atoms with Gasteiger partial charge in [-0.05, 0) is 50.8 Å². The quantitative estimate of drug-likeness (QED) is 0.785. The molecule has 1 saturated heterocycles. The number of hydrogen-bond acceptors (Lipinski definition) is 2. The molecule has 2 rings (SSSR count). The van der Waals surface area contributed by atoms with Crippen molar-refractivity contribution in [2.75, 3.05) is 18.0 Å². The molecule has 0 atom stereocenters. The maximum absolute atomic E-state index is 6.16. The van der Waals surface area contributed by atoms with Crippen LogP contribution in [0.1, 0.15) is 30.9 Å². The Morgan fingerprint density at radius 2 is 1.81 bits per heavy atom. The predicted molar refractivity (Wildman–Crippen MR) is 70.0 cm³/mol. The highest BCUT2D eigenvalue weighted by Gasteiger charge is 2.26. The first-order valence-electron chi connectivity index (χ1n) is 6.10. The Kier molecular flexibility index (Phi) is 2.94. The molecule has 0 aromatic heterocycles. The molecule has 0 bridgehead atoms. The summed E-state index contributed by atoms with van der Waals surface area (Å²) in [6.07, 6.45) is 2.17. The Morgan fingerprint density at radius 1 is 1.19 bits per heavy atom. The van der Waals surface area contributed by atoms with Gasteiger partial charge in [-0.15, -0.1) is 0 Å². The fourth-order valence-electron chi connectivity index (χ4n) is 2.34. The molecule has 1 aliphatic rings. The van der Waals surface area contributed by atoms with Gasteiger partial charge in [-0.25, -0.2) is 0 Å². The van der Waals surface area contributed by atoms with E-state index in [2.05, 4.69) is 43.9 Å². The number of rotatable bonds is 1. The Bertz CT molecular complexity index is 372. The van der Waals surface area contributed by atoms with Gasteiger partial charge in [0.05, 0.1) is 0 Å². The molecule has 2 nitrogen and oxygen atoms in total. The van der Waals surface area contributed by atoms with Crippen molar-refractivity contribution < 1.29 is 0 Å². The molecule has 2 heteroatoms. The van der Waals surface area contributed by atoms with Gasteiger partial charge in [0.1, 0.15) is 0 Å². The third kappa shape index (κ3) is 2.22. The van der Waals surface area contributed by atoms with Crippen molar-refractivity contribution in [3.63, 3.8) is 0 Å². The smallest absolute Gasteiger partial charge is 0.0398 e. The summed E-state index contributed by atoms with van der Waals surface area (Å²) < 4.78 is 0. The van der Waals surface area contributed by atoms with Crippen molar-refractivity contribution in [2.24, 2.45) is 5.73 Å². The molecule has 88 valence electrons. The fraction of sp³-hybridized carbons (Fsp3) is 0.571. The van der Waals surface area contributed by atoms with Gasteiger partial charge in [-0.1, -0.05) is 12.1 Å². The van der Waals surface area contributed by atoms with Gasteiger partial charge in [-0.3, -0.25) is 0 Å². The number of nitrogens with zero attached hydrogens (tertiary/aromatic N) is 1. The van der Waals surface area contributed by atoms with Crippen molar-refractivity contribution in [2.45, 2.75) is 39.2 Å². The molecule has 16 heavy (non-hydrogen) atoms. The van der Waals surface area contributed by atoms with Crippen LogP contribution in [-0.4, -0.2) is 18.6 Å². The number of hydrogen-bond donors (Lipinski definition) is 1. The van der Waals surface area contributed by atoms with Crippen LogP contribution < -0.4 is 10.6 Å². The molecule has 1 aliphatic heterocycles. The van der Waals surface area contributed by atoms with Gasteiger partial charge in [-0.2, -0.15) is 0 Å². The fourth-order valence-corrected chi connectivity index (χ4v) is 2.34. The first-order valence-corrected chi connectivity index (χ1v) is 6.10. The highest BCUT2D eigenvalue weighted by Crippen LogP contribution is 2.28. The van der Waals surface area contributed by atoms with Gasteiger partial charge in [0.2, 0.25) is 0 Å². The van der Waals surface area contributed by atoms with E-state index in [0.717, 1.165) is 25.9 Å². The van der Waals surface area contributed by atoms with E-state index in [1.807, 2.05) is 0 Å². The van der Waals surface area contributed by atoms with E-state index in [-0.39, 0.29) is 5.54 Å². The molecule has 0 unspecified atom stereocenters. The Morgan fingerprint density at radius 3 is 2.44 bits per heavy atom. The van der Waals surface area contributed by atoms with Gasteiger partial charge < -0.3 is 10.6 Å². The van der Waals surface area contributed by atoms with E-state index < -0.39 is 0 Å². The molecule has 1 fully saturated rings. The second-order valence-electron chi connectivity index (χ2n) is 5.36. The second kappa shape index (κ2) is 4.10. The van der Waals surface area contributed by atoms with Gasteiger partial charge in [0, 0.05) is 24.3 Å². The molecule has 0 radical (unpaired) electrons. The molecule has 1 heterocycles. The molecule has 1 aromatic rings. The molecule has 2 N–H and O–H groups in total. The van der Waals surface area contributed by atoms with E-state index in [9.17, 15) is 0 Å². The summed E-state index contributed by atoms with van der Waals surface area (Å²) in [7, 11) is 0. The number of aryl methyl sites for hydroxylation is 1. The SMILES string of the molecule is Cc1cccc(N2CCC(C)(N)CC2)c1C. The lowest BCUT2D eigenvalue weighted by Crippen LogP contribution is -2.48. The summed E-state index contributed by atoms with van der Waals surface area (Å²) in [5.74, 6) is 0. The third-order valence-corrected chi connectivity index (χ3v) is 3.82. The summed E-state index contributed by atoms with van der Waals surface area (Å²) in [5, 5.41) is 0. The van der Waals surface area contributed by atoms with E-state index in [0.29, 0.717) is 0 Å². The standard InChI is InChI=1S/C14H22N2/c1-11-5-4-6-13(12(11)2)16-9-7-14(3,15)8-10-16/h4-6H,7-10,15H2,1-3H3. The average Bonchev–Trinajstić information content (AvgIpc) is 2.23. The highest BCUT2D eigenvalue weighted by molar-refractivity contribution is 5.56. The van der Waals surface area contributed by atoms with E-state index >= 15 is 0 Å². The van der Waals surface area contributed by atoms with Crippen LogP contribution in [-0.2, 0) is 0 Å². The summed E-state index contributed by atoms with van der Waals surface area (Å²) >= 11 is 0. The van der Waals surface area contributed by atoms with Crippen molar-refractivity contribution in [3.05, 3.63) is 29.3 Å². The minimum Gasteiger partial charge on any atom is -0.371 e.